The molecule has 0 fully saturated rings. The van der Waals surface area contributed by atoms with Crippen molar-refractivity contribution in [1.82, 2.24) is 4.57 Å². The van der Waals surface area contributed by atoms with E-state index in [4.69, 9.17) is 15.7 Å². The highest BCUT2D eigenvalue weighted by atomic mass is 19.1. The Hall–Kier alpha value is -2.48. The summed E-state index contributed by atoms with van der Waals surface area (Å²) < 4.78 is 20.3. The van der Waals surface area contributed by atoms with E-state index in [1.165, 1.54) is 24.3 Å². The Bertz CT molecular complexity index is 638. The number of anilines is 1. The number of rotatable bonds is 4. The molecule has 0 radical (unpaired) electrons. The Morgan fingerprint density at radius 3 is 2.55 bits per heavy atom. The maximum absolute atomic E-state index is 12.9. The van der Waals surface area contributed by atoms with Gasteiger partial charge in [0.15, 0.2) is 0 Å². The van der Waals surface area contributed by atoms with E-state index in [1.807, 2.05) is 13.8 Å². The van der Waals surface area contributed by atoms with Gasteiger partial charge in [0.25, 0.3) is 0 Å². The molecule has 2 N–H and O–H groups in total. The lowest BCUT2D eigenvalue weighted by Crippen LogP contribution is -2.08. The van der Waals surface area contributed by atoms with Gasteiger partial charge in [-0.2, -0.15) is 5.26 Å². The lowest BCUT2D eigenvalue weighted by atomic mass is 10.2. The predicted octanol–water partition coefficient (Wildman–Crippen LogP) is 3.53. The van der Waals surface area contributed by atoms with Crippen molar-refractivity contribution < 1.29 is 9.13 Å². The van der Waals surface area contributed by atoms with Gasteiger partial charge in [-0.1, -0.05) is 13.8 Å². The summed E-state index contributed by atoms with van der Waals surface area (Å²) in [6, 6.07) is 9.35. The molecule has 0 spiro atoms. The van der Waals surface area contributed by atoms with Gasteiger partial charge >= 0.3 is 0 Å². The van der Waals surface area contributed by atoms with Crippen molar-refractivity contribution in [2.24, 2.45) is 5.92 Å². The lowest BCUT2D eigenvalue weighted by Gasteiger charge is -2.14. The summed E-state index contributed by atoms with van der Waals surface area (Å²) in [7, 11) is 0. The summed E-state index contributed by atoms with van der Waals surface area (Å²) >= 11 is 0. The lowest BCUT2D eigenvalue weighted by molar-refractivity contribution is 0.404. The van der Waals surface area contributed by atoms with Crippen LogP contribution in [0.15, 0.2) is 30.3 Å². The Morgan fingerprint density at radius 1 is 1.35 bits per heavy atom. The molecule has 5 heteroatoms. The minimum atomic E-state index is -0.333. The van der Waals surface area contributed by atoms with Crippen LogP contribution < -0.4 is 10.5 Å². The third-order valence-corrected chi connectivity index (χ3v) is 2.77. The second-order valence-corrected chi connectivity index (χ2v) is 4.96. The van der Waals surface area contributed by atoms with Crippen LogP contribution in [-0.4, -0.2) is 4.57 Å². The SMILES string of the molecule is CC(C)Cn1c(C#N)cc(N)c1Oc1ccc(F)cc1. The normalized spacial score (nSPS) is 10.6. The van der Waals surface area contributed by atoms with Gasteiger partial charge in [-0.25, -0.2) is 4.39 Å². The number of nitrogens with zero attached hydrogens (tertiary/aromatic N) is 2. The fourth-order valence-electron chi connectivity index (χ4n) is 1.92. The molecule has 0 saturated carbocycles. The van der Waals surface area contributed by atoms with E-state index in [-0.39, 0.29) is 5.82 Å². The minimum Gasteiger partial charge on any atom is -0.439 e. The summed E-state index contributed by atoms with van der Waals surface area (Å²) in [5.74, 6) is 0.901. The molecule has 0 bridgehead atoms. The van der Waals surface area contributed by atoms with Crippen molar-refractivity contribution >= 4 is 5.69 Å². The molecular weight excluding hydrogens is 257 g/mol. The molecule has 0 unspecified atom stereocenters. The van der Waals surface area contributed by atoms with Gasteiger partial charge in [0.2, 0.25) is 5.88 Å². The van der Waals surface area contributed by atoms with E-state index in [0.29, 0.717) is 35.5 Å². The summed E-state index contributed by atoms with van der Waals surface area (Å²) in [4.78, 5) is 0. The van der Waals surface area contributed by atoms with Crippen LogP contribution in [0.1, 0.15) is 19.5 Å². The van der Waals surface area contributed by atoms with E-state index in [9.17, 15) is 4.39 Å². The van der Waals surface area contributed by atoms with Gasteiger partial charge in [-0.05, 0) is 30.2 Å². The smallest absolute Gasteiger partial charge is 0.224 e. The first kappa shape index (κ1) is 13.9. The molecule has 20 heavy (non-hydrogen) atoms. The predicted molar refractivity (Wildman–Crippen MR) is 74.9 cm³/mol. The molecular formula is C15H16FN3O. The highest BCUT2D eigenvalue weighted by Gasteiger charge is 2.16. The van der Waals surface area contributed by atoms with Crippen LogP contribution in [0.4, 0.5) is 10.1 Å². The van der Waals surface area contributed by atoms with E-state index in [2.05, 4.69) is 6.07 Å². The second kappa shape index (κ2) is 5.66. The largest absolute Gasteiger partial charge is 0.439 e. The van der Waals surface area contributed by atoms with E-state index in [0.717, 1.165) is 0 Å². The number of ether oxygens (including phenoxy) is 1. The molecule has 0 aliphatic carbocycles. The zero-order valence-electron chi connectivity index (χ0n) is 11.4. The highest BCUT2D eigenvalue weighted by molar-refractivity contribution is 5.56. The molecule has 0 aliphatic heterocycles. The number of hydrogen-bond donors (Lipinski definition) is 1. The first-order valence-electron chi connectivity index (χ1n) is 6.33. The maximum atomic E-state index is 12.9. The topological polar surface area (TPSA) is 64.0 Å². The zero-order valence-corrected chi connectivity index (χ0v) is 11.4. The minimum absolute atomic E-state index is 0.333. The van der Waals surface area contributed by atoms with Crippen LogP contribution in [0.25, 0.3) is 0 Å². The molecule has 0 saturated heterocycles. The number of nitriles is 1. The Kier molecular flexibility index (Phi) is 3.94. The van der Waals surface area contributed by atoms with Crippen LogP contribution in [0.3, 0.4) is 0 Å². The number of aromatic nitrogens is 1. The zero-order chi connectivity index (χ0) is 14.7. The van der Waals surface area contributed by atoms with Gasteiger partial charge in [0.05, 0.1) is 5.69 Å². The van der Waals surface area contributed by atoms with Crippen molar-refractivity contribution in [1.29, 1.82) is 5.26 Å². The standard InChI is InChI=1S/C15H16FN3O/c1-10(2)9-19-12(8-17)7-14(18)15(19)20-13-5-3-11(16)4-6-13/h3-7,10H,9,18H2,1-2H3. The van der Waals surface area contributed by atoms with Gasteiger partial charge < -0.3 is 15.0 Å². The van der Waals surface area contributed by atoms with E-state index >= 15 is 0 Å². The summed E-state index contributed by atoms with van der Waals surface area (Å²) in [6.45, 7) is 4.70. The van der Waals surface area contributed by atoms with E-state index in [1.54, 1.807) is 10.6 Å². The fourth-order valence-corrected chi connectivity index (χ4v) is 1.92. The van der Waals surface area contributed by atoms with Gasteiger partial charge in [-0.3, -0.25) is 0 Å². The van der Waals surface area contributed by atoms with Crippen molar-refractivity contribution in [3.05, 3.63) is 41.8 Å². The molecule has 1 aromatic carbocycles. The Balaban J connectivity index is 2.37. The third-order valence-electron chi connectivity index (χ3n) is 2.77. The van der Waals surface area contributed by atoms with E-state index < -0.39 is 0 Å². The first-order chi connectivity index (χ1) is 9.51. The first-order valence-corrected chi connectivity index (χ1v) is 6.33. The van der Waals surface area contributed by atoms with Crippen LogP contribution in [-0.2, 0) is 6.54 Å². The van der Waals surface area contributed by atoms with Crippen LogP contribution in [0.5, 0.6) is 11.6 Å². The summed E-state index contributed by atoms with van der Waals surface area (Å²) in [5.41, 5.74) is 6.75. The van der Waals surface area contributed by atoms with Crippen molar-refractivity contribution in [2.75, 3.05) is 5.73 Å². The van der Waals surface area contributed by atoms with Crippen molar-refractivity contribution in [3.8, 4) is 17.7 Å². The van der Waals surface area contributed by atoms with Crippen LogP contribution in [0, 0.1) is 23.1 Å². The second-order valence-electron chi connectivity index (χ2n) is 4.96. The molecule has 1 aromatic heterocycles. The molecule has 2 aromatic rings. The highest BCUT2D eigenvalue weighted by Crippen LogP contribution is 2.31. The number of nitrogen functional groups attached to an aromatic ring is 1. The third kappa shape index (κ3) is 2.91. The van der Waals surface area contributed by atoms with Crippen LogP contribution >= 0.6 is 0 Å². The van der Waals surface area contributed by atoms with Crippen molar-refractivity contribution in [2.45, 2.75) is 20.4 Å². The quantitative estimate of drug-likeness (QED) is 0.926. The summed E-state index contributed by atoms with van der Waals surface area (Å²) in [5, 5.41) is 9.14. The Labute approximate surface area is 117 Å². The Morgan fingerprint density at radius 2 is 2.00 bits per heavy atom. The van der Waals surface area contributed by atoms with Gasteiger partial charge in [0, 0.05) is 12.6 Å². The monoisotopic (exact) mass is 273 g/mol. The van der Waals surface area contributed by atoms with Gasteiger partial charge in [0.1, 0.15) is 23.3 Å². The number of benzene rings is 1. The van der Waals surface area contributed by atoms with Crippen LogP contribution in [0.2, 0.25) is 0 Å². The molecule has 0 amide bonds. The van der Waals surface area contributed by atoms with Gasteiger partial charge in [-0.15, -0.1) is 0 Å². The molecule has 4 nitrogen and oxygen atoms in total. The molecule has 104 valence electrons. The van der Waals surface area contributed by atoms with Crippen molar-refractivity contribution in [3.63, 3.8) is 0 Å². The molecule has 0 atom stereocenters. The summed E-state index contributed by atoms with van der Waals surface area (Å²) in [6.07, 6.45) is 0. The average Bonchev–Trinajstić information content (AvgIpc) is 2.69. The maximum Gasteiger partial charge on any atom is 0.224 e. The number of nitrogens with two attached hydrogens (primary N) is 1. The molecule has 1 heterocycles. The average molecular weight is 273 g/mol. The molecule has 0 aliphatic rings. The fraction of sp³-hybridized carbons (Fsp3) is 0.267. The number of halogens is 1. The molecule has 2 rings (SSSR count). The number of hydrogen-bond acceptors (Lipinski definition) is 3.